The van der Waals surface area contributed by atoms with Gasteiger partial charge in [0, 0.05) is 11.5 Å². The van der Waals surface area contributed by atoms with E-state index >= 15 is 0 Å². The number of ether oxygens (including phenoxy) is 1. The van der Waals surface area contributed by atoms with Gasteiger partial charge in [-0.15, -0.1) is 0 Å². The van der Waals surface area contributed by atoms with Gasteiger partial charge in [0.2, 0.25) is 0 Å². The van der Waals surface area contributed by atoms with Crippen LogP contribution in [0.15, 0.2) is 23.8 Å². The van der Waals surface area contributed by atoms with Crippen molar-refractivity contribution in [3.63, 3.8) is 0 Å². The van der Waals surface area contributed by atoms with Gasteiger partial charge < -0.3 is 4.74 Å². The Morgan fingerprint density at radius 2 is 2.27 bits per heavy atom. The van der Waals surface area contributed by atoms with Crippen LogP contribution in [0.4, 0.5) is 0 Å². The monoisotopic (exact) mass is 206 g/mol. The lowest BCUT2D eigenvalue weighted by atomic mass is 9.90. The van der Waals surface area contributed by atoms with E-state index in [-0.39, 0.29) is 11.6 Å². The Kier molecular flexibility index (Phi) is 2.45. The number of carbonyl (C=O) groups is 1. The summed E-state index contributed by atoms with van der Waals surface area (Å²) in [5.41, 5.74) is 0.434. The summed E-state index contributed by atoms with van der Waals surface area (Å²) in [7, 11) is 0. The van der Waals surface area contributed by atoms with Crippen molar-refractivity contribution in [2.45, 2.75) is 39.2 Å². The van der Waals surface area contributed by atoms with E-state index in [4.69, 9.17) is 4.74 Å². The van der Waals surface area contributed by atoms with Crippen molar-refractivity contribution in [2.75, 3.05) is 0 Å². The summed E-state index contributed by atoms with van der Waals surface area (Å²) in [6, 6.07) is 0. The van der Waals surface area contributed by atoms with Crippen LogP contribution in [0.1, 0.15) is 33.6 Å². The van der Waals surface area contributed by atoms with Gasteiger partial charge in [-0.05, 0) is 39.5 Å². The van der Waals surface area contributed by atoms with Gasteiger partial charge in [0.25, 0.3) is 0 Å². The van der Waals surface area contributed by atoms with Crippen molar-refractivity contribution < 1.29 is 9.53 Å². The van der Waals surface area contributed by atoms with E-state index < -0.39 is 0 Å². The molecule has 0 aromatic rings. The molecule has 0 aliphatic heterocycles. The predicted octanol–water partition coefficient (Wildman–Crippen LogP) is 2.85. The summed E-state index contributed by atoms with van der Waals surface area (Å²) >= 11 is 0. The molecule has 2 aliphatic rings. The summed E-state index contributed by atoms with van der Waals surface area (Å²) in [6.07, 6.45) is 8.39. The fourth-order valence-electron chi connectivity index (χ4n) is 2.58. The van der Waals surface area contributed by atoms with Gasteiger partial charge >= 0.3 is 5.97 Å². The smallest absolute Gasteiger partial charge is 0.333 e. The largest absolute Gasteiger partial charge is 0.455 e. The molecule has 0 spiro atoms. The number of hydrogen-bond acceptors (Lipinski definition) is 2. The normalized spacial score (nSPS) is 38.5. The Hall–Kier alpha value is -1.05. The van der Waals surface area contributed by atoms with Crippen LogP contribution in [-0.4, -0.2) is 11.6 Å². The van der Waals surface area contributed by atoms with Crippen LogP contribution in [-0.2, 0) is 9.53 Å². The first-order valence-electron chi connectivity index (χ1n) is 5.60. The van der Waals surface area contributed by atoms with E-state index in [1.807, 2.05) is 6.92 Å². The summed E-state index contributed by atoms with van der Waals surface area (Å²) in [4.78, 5) is 11.7. The molecule has 2 rings (SSSR count). The van der Waals surface area contributed by atoms with E-state index in [1.54, 1.807) is 13.0 Å². The SMILES string of the molecule is C/C=C(\C)C(=O)OC1(C)CC2C=CC1C2. The fourth-order valence-corrected chi connectivity index (χ4v) is 2.58. The van der Waals surface area contributed by atoms with Crippen LogP contribution in [0.5, 0.6) is 0 Å². The molecule has 0 saturated heterocycles. The van der Waals surface area contributed by atoms with Gasteiger partial charge in [0.05, 0.1) is 0 Å². The molecule has 2 aliphatic carbocycles. The number of rotatable bonds is 2. The first kappa shape index (κ1) is 10.5. The maximum Gasteiger partial charge on any atom is 0.333 e. The third-order valence-corrected chi connectivity index (χ3v) is 3.70. The Balaban J connectivity index is 2.07. The molecular weight excluding hydrogens is 188 g/mol. The van der Waals surface area contributed by atoms with E-state index in [0.29, 0.717) is 17.4 Å². The number of hydrogen-bond donors (Lipinski definition) is 0. The molecule has 82 valence electrons. The summed E-state index contributed by atoms with van der Waals surface area (Å²) in [5.74, 6) is 0.885. The van der Waals surface area contributed by atoms with Crippen molar-refractivity contribution in [2.24, 2.45) is 11.8 Å². The van der Waals surface area contributed by atoms with Gasteiger partial charge in [-0.3, -0.25) is 0 Å². The van der Waals surface area contributed by atoms with Crippen molar-refractivity contribution in [1.29, 1.82) is 0 Å². The lowest BCUT2D eigenvalue weighted by molar-refractivity contribution is -0.155. The molecule has 3 unspecified atom stereocenters. The quantitative estimate of drug-likeness (QED) is 0.394. The van der Waals surface area contributed by atoms with Gasteiger partial charge in [-0.25, -0.2) is 4.79 Å². The number of esters is 1. The zero-order valence-corrected chi connectivity index (χ0v) is 9.62. The van der Waals surface area contributed by atoms with Crippen LogP contribution in [0.3, 0.4) is 0 Å². The second-order valence-electron chi connectivity index (χ2n) is 4.87. The van der Waals surface area contributed by atoms with Crippen molar-refractivity contribution in [3.8, 4) is 0 Å². The summed E-state index contributed by atoms with van der Waals surface area (Å²) in [5, 5.41) is 0. The van der Waals surface area contributed by atoms with Crippen LogP contribution in [0, 0.1) is 11.8 Å². The zero-order valence-electron chi connectivity index (χ0n) is 9.62. The number of allylic oxidation sites excluding steroid dienone is 2. The fraction of sp³-hybridized carbons (Fsp3) is 0.615. The van der Waals surface area contributed by atoms with Crippen molar-refractivity contribution in [3.05, 3.63) is 23.8 Å². The van der Waals surface area contributed by atoms with Crippen LogP contribution in [0.2, 0.25) is 0 Å². The Labute approximate surface area is 91.0 Å². The molecule has 0 radical (unpaired) electrons. The molecule has 2 bridgehead atoms. The van der Waals surface area contributed by atoms with Crippen molar-refractivity contribution in [1.82, 2.24) is 0 Å². The maximum atomic E-state index is 11.7. The Bertz CT molecular complexity index is 340. The maximum absolute atomic E-state index is 11.7. The Morgan fingerprint density at radius 3 is 2.73 bits per heavy atom. The van der Waals surface area contributed by atoms with E-state index in [0.717, 1.165) is 12.8 Å². The highest BCUT2D eigenvalue weighted by molar-refractivity contribution is 5.88. The average Bonchev–Trinajstić information content (AvgIpc) is 2.75. The van der Waals surface area contributed by atoms with Gasteiger partial charge in [-0.2, -0.15) is 0 Å². The molecule has 2 heteroatoms. The minimum atomic E-state index is -0.263. The number of carbonyl (C=O) groups excluding carboxylic acids is 1. The third kappa shape index (κ3) is 1.73. The van der Waals surface area contributed by atoms with Gasteiger partial charge in [0.15, 0.2) is 0 Å². The first-order valence-corrected chi connectivity index (χ1v) is 5.60. The highest BCUT2D eigenvalue weighted by Gasteiger charge is 2.47. The van der Waals surface area contributed by atoms with E-state index in [9.17, 15) is 4.79 Å². The molecule has 15 heavy (non-hydrogen) atoms. The minimum Gasteiger partial charge on any atom is -0.455 e. The van der Waals surface area contributed by atoms with Crippen LogP contribution < -0.4 is 0 Å². The minimum absolute atomic E-state index is 0.166. The molecule has 1 fully saturated rings. The highest BCUT2D eigenvalue weighted by Crippen LogP contribution is 2.48. The standard InChI is InChI=1S/C13H18O2/c1-4-9(2)12(14)15-13(3)8-10-5-6-11(13)7-10/h4-6,10-11H,7-8H2,1-3H3/b9-4+. The molecule has 0 amide bonds. The topological polar surface area (TPSA) is 26.3 Å². The second kappa shape index (κ2) is 3.51. The first-order chi connectivity index (χ1) is 7.05. The van der Waals surface area contributed by atoms with Gasteiger partial charge in [0.1, 0.15) is 5.60 Å². The molecule has 0 heterocycles. The molecule has 3 atom stereocenters. The molecule has 1 saturated carbocycles. The van der Waals surface area contributed by atoms with Crippen molar-refractivity contribution >= 4 is 5.97 Å². The molecule has 2 nitrogen and oxygen atoms in total. The highest BCUT2D eigenvalue weighted by atomic mass is 16.6. The summed E-state index contributed by atoms with van der Waals surface area (Å²) < 4.78 is 5.63. The second-order valence-corrected chi connectivity index (χ2v) is 4.87. The molecule has 0 aromatic carbocycles. The molecule has 0 N–H and O–H groups in total. The lowest BCUT2D eigenvalue weighted by Gasteiger charge is -2.31. The number of fused-ring (bicyclic) bond motifs is 2. The zero-order chi connectivity index (χ0) is 11.1. The third-order valence-electron chi connectivity index (χ3n) is 3.70. The molecule has 0 aromatic heterocycles. The average molecular weight is 206 g/mol. The van der Waals surface area contributed by atoms with Gasteiger partial charge in [-0.1, -0.05) is 18.2 Å². The predicted molar refractivity (Wildman–Crippen MR) is 59.3 cm³/mol. The van der Waals surface area contributed by atoms with E-state index in [2.05, 4.69) is 19.1 Å². The summed E-state index contributed by atoms with van der Waals surface area (Å²) in [6.45, 7) is 5.72. The lowest BCUT2D eigenvalue weighted by Crippen LogP contribution is -2.36. The van der Waals surface area contributed by atoms with Crippen LogP contribution in [0.25, 0.3) is 0 Å². The van der Waals surface area contributed by atoms with E-state index in [1.165, 1.54) is 0 Å². The Morgan fingerprint density at radius 1 is 1.53 bits per heavy atom. The van der Waals surface area contributed by atoms with Crippen LogP contribution >= 0.6 is 0 Å². The molecular formula is C13H18O2.